The number of benzene rings is 1. The Labute approximate surface area is 156 Å². The Morgan fingerprint density at radius 1 is 1.32 bits per heavy atom. The van der Waals surface area contributed by atoms with Gasteiger partial charge >= 0.3 is 5.88 Å². The molecule has 0 N–H and O–H groups in total. The fraction of sp³-hybridized carbons (Fsp3) is 0. The van der Waals surface area contributed by atoms with Gasteiger partial charge in [-0.25, -0.2) is 0 Å². The Morgan fingerprint density at radius 3 is 2.80 bits per heavy atom. The highest BCUT2D eigenvalue weighted by molar-refractivity contribution is 8.27. The molecule has 9 heteroatoms. The summed E-state index contributed by atoms with van der Waals surface area (Å²) in [5.74, 6) is -0.285. The van der Waals surface area contributed by atoms with E-state index in [9.17, 15) is 14.9 Å². The van der Waals surface area contributed by atoms with Crippen molar-refractivity contribution in [1.82, 2.24) is 0 Å². The van der Waals surface area contributed by atoms with Gasteiger partial charge in [0.05, 0.1) is 16.7 Å². The standard InChI is InChI=1S/C16H9ClN2O4S2/c17-10-3-1-4-11(9-10)18-15(20)13(25-16(18)24)6-2-5-12-7-8-14(23-12)19(21)22/h1-9H/b5-2+,13-6+. The number of hydrogen-bond donors (Lipinski definition) is 0. The highest BCUT2D eigenvalue weighted by Crippen LogP contribution is 2.35. The Balaban J connectivity index is 1.78. The van der Waals surface area contributed by atoms with Gasteiger partial charge in [-0.05, 0) is 36.4 Å². The summed E-state index contributed by atoms with van der Waals surface area (Å²) in [6, 6.07) is 9.59. The first-order valence-corrected chi connectivity index (χ1v) is 8.50. The summed E-state index contributed by atoms with van der Waals surface area (Å²) in [5, 5.41) is 11.1. The van der Waals surface area contributed by atoms with Crippen LogP contribution in [0.2, 0.25) is 5.02 Å². The van der Waals surface area contributed by atoms with Crippen LogP contribution < -0.4 is 4.90 Å². The minimum Gasteiger partial charge on any atom is -0.401 e. The Bertz CT molecular complexity index is 936. The summed E-state index contributed by atoms with van der Waals surface area (Å²) < 4.78 is 5.41. The van der Waals surface area contributed by atoms with Gasteiger partial charge in [0.2, 0.25) is 0 Å². The lowest BCUT2D eigenvalue weighted by Crippen LogP contribution is -2.27. The van der Waals surface area contributed by atoms with Gasteiger partial charge in [0.25, 0.3) is 5.91 Å². The maximum atomic E-state index is 12.5. The summed E-state index contributed by atoms with van der Waals surface area (Å²) in [7, 11) is 0. The lowest BCUT2D eigenvalue weighted by Gasteiger charge is -2.14. The molecule has 1 amide bonds. The van der Waals surface area contributed by atoms with E-state index in [1.807, 2.05) is 0 Å². The van der Waals surface area contributed by atoms with E-state index >= 15 is 0 Å². The van der Waals surface area contributed by atoms with E-state index in [2.05, 4.69) is 0 Å². The molecule has 0 bridgehead atoms. The molecule has 1 aliphatic heterocycles. The molecule has 3 rings (SSSR count). The van der Waals surface area contributed by atoms with Gasteiger partial charge in [-0.1, -0.05) is 47.7 Å². The van der Waals surface area contributed by atoms with Gasteiger partial charge in [-0.15, -0.1) is 0 Å². The van der Waals surface area contributed by atoms with E-state index in [0.29, 0.717) is 25.7 Å². The minimum atomic E-state index is -0.618. The average molecular weight is 393 g/mol. The highest BCUT2D eigenvalue weighted by Gasteiger charge is 2.32. The molecule has 1 fully saturated rings. The van der Waals surface area contributed by atoms with Gasteiger partial charge < -0.3 is 4.42 Å². The highest BCUT2D eigenvalue weighted by atomic mass is 35.5. The van der Waals surface area contributed by atoms with Crippen molar-refractivity contribution in [2.24, 2.45) is 0 Å². The van der Waals surface area contributed by atoms with Crippen LogP contribution in [0.3, 0.4) is 0 Å². The zero-order chi connectivity index (χ0) is 18.0. The van der Waals surface area contributed by atoms with Crippen LogP contribution in [0, 0.1) is 10.1 Å². The van der Waals surface area contributed by atoms with Gasteiger partial charge in [-0.3, -0.25) is 19.8 Å². The number of carbonyl (C=O) groups is 1. The van der Waals surface area contributed by atoms with Crippen LogP contribution in [0.15, 0.2) is 57.9 Å². The summed E-state index contributed by atoms with van der Waals surface area (Å²) >= 11 is 12.4. The first-order chi connectivity index (χ1) is 12.0. The first-order valence-electron chi connectivity index (χ1n) is 6.90. The molecule has 1 saturated heterocycles. The van der Waals surface area contributed by atoms with Crippen molar-refractivity contribution in [3.63, 3.8) is 0 Å². The predicted octanol–water partition coefficient (Wildman–Crippen LogP) is 4.80. The van der Waals surface area contributed by atoms with Gasteiger partial charge in [0.1, 0.15) is 10.7 Å². The molecule has 2 heterocycles. The second kappa shape index (κ2) is 7.22. The molecule has 0 aliphatic carbocycles. The van der Waals surface area contributed by atoms with Crippen molar-refractivity contribution in [3.05, 3.63) is 74.4 Å². The van der Waals surface area contributed by atoms with Gasteiger partial charge in [0, 0.05) is 5.02 Å². The smallest absolute Gasteiger partial charge is 0.401 e. The number of carbonyl (C=O) groups excluding carboxylic acids is 1. The Morgan fingerprint density at radius 2 is 2.12 bits per heavy atom. The maximum absolute atomic E-state index is 12.5. The number of amides is 1. The number of anilines is 1. The number of nitrogens with zero attached hydrogens (tertiary/aromatic N) is 2. The number of hydrogen-bond acceptors (Lipinski definition) is 6. The normalized spacial score (nSPS) is 16.4. The first kappa shape index (κ1) is 17.4. The predicted molar refractivity (Wildman–Crippen MR) is 102 cm³/mol. The maximum Gasteiger partial charge on any atom is 0.433 e. The van der Waals surface area contributed by atoms with Crippen LogP contribution in [0.1, 0.15) is 5.76 Å². The van der Waals surface area contributed by atoms with Crippen molar-refractivity contribution in [1.29, 1.82) is 0 Å². The minimum absolute atomic E-state index is 0.257. The monoisotopic (exact) mass is 392 g/mol. The molecule has 1 aromatic carbocycles. The van der Waals surface area contributed by atoms with Crippen molar-refractivity contribution >= 4 is 63.5 Å². The molecule has 1 aliphatic rings. The SMILES string of the molecule is O=C1/C(=C\C=C\c2ccc([N+](=O)[O-])o2)SC(=S)N1c1cccc(Cl)c1. The van der Waals surface area contributed by atoms with Crippen LogP contribution in [0.25, 0.3) is 6.08 Å². The van der Waals surface area contributed by atoms with Crippen LogP contribution in [-0.2, 0) is 4.79 Å². The van der Waals surface area contributed by atoms with E-state index in [0.717, 1.165) is 11.8 Å². The molecular formula is C16H9ClN2O4S2. The summed E-state index contributed by atoms with van der Waals surface area (Å²) in [6.07, 6.45) is 4.68. The lowest BCUT2D eigenvalue weighted by molar-refractivity contribution is -0.402. The third-order valence-electron chi connectivity index (χ3n) is 3.16. The van der Waals surface area contributed by atoms with Crippen LogP contribution >= 0.6 is 35.6 Å². The number of nitro groups is 1. The van der Waals surface area contributed by atoms with Crippen molar-refractivity contribution in [2.75, 3.05) is 4.90 Å². The van der Waals surface area contributed by atoms with E-state index < -0.39 is 4.92 Å². The Kier molecular flexibility index (Phi) is 5.03. The lowest BCUT2D eigenvalue weighted by atomic mass is 10.3. The second-order valence-corrected chi connectivity index (χ2v) is 6.92. The molecule has 25 heavy (non-hydrogen) atoms. The fourth-order valence-corrected chi connectivity index (χ4v) is 3.52. The largest absolute Gasteiger partial charge is 0.433 e. The molecule has 0 radical (unpaired) electrons. The third kappa shape index (κ3) is 3.81. The van der Waals surface area contributed by atoms with Gasteiger partial charge in [-0.2, -0.15) is 0 Å². The number of thioether (sulfide) groups is 1. The number of halogens is 1. The summed E-state index contributed by atoms with van der Waals surface area (Å²) in [4.78, 5) is 24.3. The molecule has 6 nitrogen and oxygen atoms in total. The molecule has 126 valence electrons. The van der Waals surface area contributed by atoms with E-state index in [-0.39, 0.29) is 11.8 Å². The van der Waals surface area contributed by atoms with E-state index in [1.165, 1.54) is 23.1 Å². The number of furan rings is 1. The zero-order valence-electron chi connectivity index (χ0n) is 12.4. The van der Waals surface area contributed by atoms with Crippen LogP contribution in [0.5, 0.6) is 0 Å². The van der Waals surface area contributed by atoms with Crippen molar-refractivity contribution in [3.8, 4) is 0 Å². The molecular weight excluding hydrogens is 384 g/mol. The van der Waals surface area contributed by atoms with Crippen LogP contribution in [0.4, 0.5) is 11.6 Å². The number of thiocarbonyl (C=S) groups is 1. The number of allylic oxidation sites excluding steroid dienone is 2. The second-order valence-electron chi connectivity index (χ2n) is 4.81. The molecule has 0 unspecified atom stereocenters. The van der Waals surface area contributed by atoms with E-state index in [4.69, 9.17) is 28.2 Å². The molecule has 0 atom stereocenters. The van der Waals surface area contributed by atoms with Crippen molar-refractivity contribution in [2.45, 2.75) is 0 Å². The quantitative estimate of drug-likeness (QED) is 0.322. The molecule has 0 saturated carbocycles. The molecule has 1 aromatic heterocycles. The van der Waals surface area contributed by atoms with Crippen molar-refractivity contribution < 1.29 is 14.1 Å². The zero-order valence-corrected chi connectivity index (χ0v) is 14.8. The number of rotatable bonds is 4. The fourth-order valence-electron chi connectivity index (χ4n) is 2.08. The summed E-state index contributed by atoms with van der Waals surface area (Å²) in [6.45, 7) is 0. The van der Waals surface area contributed by atoms with Gasteiger partial charge in [0.15, 0.2) is 4.32 Å². The summed E-state index contributed by atoms with van der Waals surface area (Å²) in [5.41, 5.74) is 0.601. The molecule has 2 aromatic rings. The average Bonchev–Trinajstić information content (AvgIpc) is 3.13. The van der Waals surface area contributed by atoms with Crippen LogP contribution in [-0.4, -0.2) is 15.2 Å². The Hall–Kier alpha value is -2.42. The molecule has 0 spiro atoms. The van der Waals surface area contributed by atoms with E-state index in [1.54, 1.807) is 36.4 Å². The topological polar surface area (TPSA) is 76.6 Å². The third-order valence-corrected chi connectivity index (χ3v) is 4.72.